The Labute approximate surface area is 178 Å². The van der Waals surface area contributed by atoms with Gasteiger partial charge in [-0.2, -0.15) is 0 Å². The summed E-state index contributed by atoms with van der Waals surface area (Å²) in [5, 5.41) is 21.2. The molecule has 0 bridgehead atoms. The van der Waals surface area contributed by atoms with Crippen molar-refractivity contribution >= 4 is 45.0 Å². The number of aliphatic hydroxyl groups is 1. The molecule has 1 aliphatic rings. The van der Waals surface area contributed by atoms with Crippen LogP contribution in [0, 0.1) is 0 Å². The van der Waals surface area contributed by atoms with Crippen molar-refractivity contribution in [2.45, 2.75) is 52.7 Å². The maximum Gasteiger partial charge on any atom is 0.394 e. The highest BCUT2D eigenvalue weighted by atomic mass is 32.2. The molecule has 0 saturated heterocycles. The Bertz CT molecular complexity index is 762. The molecule has 0 saturated carbocycles. The lowest BCUT2D eigenvalue weighted by atomic mass is 10.00. The van der Waals surface area contributed by atoms with E-state index in [9.17, 15) is 18.9 Å². The second-order valence-corrected chi connectivity index (χ2v) is 9.04. The summed E-state index contributed by atoms with van der Waals surface area (Å²) in [5.41, 5.74) is 1.12. The number of carbonyl (C=O) groups excluding carboxylic acids is 1. The average molecular weight is 447 g/mol. The van der Waals surface area contributed by atoms with Crippen molar-refractivity contribution in [2.75, 3.05) is 24.7 Å². The molecule has 0 spiro atoms. The van der Waals surface area contributed by atoms with Gasteiger partial charge in [-0.15, -0.1) is 11.3 Å². The first-order valence-corrected chi connectivity index (χ1v) is 11.8. The molecule has 1 aliphatic heterocycles. The van der Waals surface area contributed by atoms with Gasteiger partial charge in [0, 0.05) is 30.6 Å². The maximum atomic E-state index is 11.8. The first-order chi connectivity index (χ1) is 13.7. The number of rotatable bonds is 7. The van der Waals surface area contributed by atoms with Crippen molar-refractivity contribution in [3.8, 4) is 0 Å². The number of fused-ring (bicyclic) bond motifs is 1. The molecule has 1 aromatic heterocycles. The quantitative estimate of drug-likeness (QED) is 0.438. The van der Waals surface area contributed by atoms with Crippen LogP contribution in [-0.2, 0) is 38.3 Å². The zero-order valence-corrected chi connectivity index (χ0v) is 19.0. The molecule has 2 unspecified atom stereocenters. The van der Waals surface area contributed by atoms with Crippen LogP contribution in [0.25, 0.3) is 5.76 Å². The van der Waals surface area contributed by atoms with Crippen LogP contribution < -0.4 is 5.32 Å². The summed E-state index contributed by atoms with van der Waals surface area (Å²) in [6.07, 6.45) is 3.95. The molecular weight excluding hydrogens is 416 g/mol. The Morgan fingerprint density at radius 2 is 1.97 bits per heavy atom. The highest BCUT2D eigenvalue weighted by molar-refractivity contribution is 7.81. The van der Waals surface area contributed by atoms with Crippen LogP contribution in [0.1, 0.15) is 49.6 Å². The van der Waals surface area contributed by atoms with E-state index in [0.29, 0.717) is 25.1 Å². The molecule has 1 aromatic rings. The van der Waals surface area contributed by atoms with Gasteiger partial charge in [0.2, 0.25) is 0 Å². The SMILES string of the molecule is C=C(O)c1c(NC(=O)C(=O)O)sc2c1CC(CN(CCC)S(C)=O)OC2.CCC. The standard InChI is InChI=1S/C16H22N2O6S2.C3H8/c1-4-5-18(26(3)23)7-10-6-11-12(8-24-10)25-15(13(11)9(2)19)17-14(20)16(21)22;1-3-2/h10,19H,2,4-8H2,1,3H3,(H,17,20)(H,21,22);3H2,1-2H3. The molecule has 164 valence electrons. The summed E-state index contributed by atoms with van der Waals surface area (Å²) in [4.78, 5) is 23.0. The van der Waals surface area contributed by atoms with E-state index in [4.69, 9.17) is 9.84 Å². The number of carbonyl (C=O) groups is 2. The predicted octanol–water partition coefficient (Wildman–Crippen LogP) is 3.16. The number of ether oxygens (including phenoxy) is 1. The molecule has 0 fully saturated rings. The van der Waals surface area contributed by atoms with E-state index in [-0.39, 0.29) is 23.5 Å². The van der Waals surface area contributed by atoms with Gasteiger partial charge in [-0.1, -0.05) is 33.8 Å². The van der Waals surface area contributed by atoms with E-state index in [1.165, 1.54) is 6.42 Å². The van der Waals surface area contributed by atoms with Crippen LogP contribution >= 0.6 is 11.3 Å². The Hall–Kier alpha value is -1.75. The van der Waals surface area contributed by atoms with Crippen LogP contribution in [0.5, 0.6) is 0 Å². The smallest absolute Gasteiger partial charge is 0.394 e. The van der Waals surface area contributed by atoms with E-state index in [0.717, 1.165) is 28.2 Å². The van der Waals surface area contributed by atoms with Gasteiger partial charge in [-0.3, -0.25) is 4.79 Å². The summed E-state index contributed by atoms with van der Waals surface area (Å²) < 4.78 is 19.5. The molecule has 2 atom stereocenters. The Balaban J connectivity index is 0.00000132. The Morgan fingerprint density at radius 3 is 2.45 bits per heavy atom. The summed E-state index contributed by atoms with van der Waals surface area (Å²) in [6, 6.07) is 0. The fourth-order valence-corrected chi connectivity index (χ4v) is 4.78. The molecule has 0 aliphatic carbocycles. The number of hydrogen-bond acceptors (Lipinski definition) is 6. The second-order valence-electron chi connectivity index (χ2n) is 6.57. The minimum atomic E-state index is -1.61. The van der Waals surface area contributed by atoms with E-state index in [1.54, 1.807) is 6.26 Å². The van der Waals surface area contributed by atoms with E-state index >= 15 is 0 Å². The van der Waals surface area contributed by atoms with Crippen molar-refractivity contribution in [2.24, 2.45) is 0 Å². The Morgan fingerprint density at radius 1 is 1.34 bits per heavy atom. The largest absolute Gasteiger partial charge is 0.508 e. The van der Waals surface area contributed by atoms with Crippen LogP contribution in [0.2, 0.25) is 0 Å². The second kappa shape index (κ2) is 12.1. The van der Waals surface area contributed by atoms with Crippen molar-refractivity contribution < 1.29 is 28.7 Å². The van der Waals surface area contributed by atoms with Gasteiger partial charge in [0.1, 0.15) is 10.8 Å². The molecule has 0 aromatic carbocycles. The van der Waals surface area contributed by atoms with Crippen LogP contribution in [-0.4, -0.2) is 56.1 Å². The number of nitrogens with zero attached hydrogens (tertiary/aromatic N) is 1. The van der Waals surface area contributed by atoms with E-state index in [1.807, 2.05) is 11.2 Å². The number of thiophene rings is 1. The molecule has 29 heavy (non-hydrogen) atoms. The number of aliphatic hydroxyl groups excluding tert-OH is 1. The zero-order chi connectivity index (χ0) is 22.1. The lowest BCUT2D eigenvalue weighted by Gasteiger charge is -2.28. The van der Waals surface area contributed by atoms with Gasteiger partial charge in [0.15, 0.2) is 0 Å². The normalized spacial score (nSPS) is 16.4. The zero-order valence-electron chi connectivity index (χ0n) is 17.3. The summed E-state index contributed by atoms with van der Waals surface area (Å²) >= 11 is 1.16. The minimum Gasteiger partial charge on any atom is -0.508 e. The van der Waals surface area contributed by atoms with Gasteiger partial charge in [0.25, 0.3) is 0 Å². The van der Waals surface area contributed by atoms with Crippen molar-refractivity contribution in [3.05, 3.63) is 22.6 Å². The van der Waals surface area contributed by atoms with E-state index in [2.05, 4.69) is 25.7 Å². The third kappa shape index (κ3) is 7.22. The third-order valence-corrected chi connectivity index (χ3v) is 6.11. The monoisotopic (exact) mass is 446 g/mol. The first kappa shape index (κ1) is 25.3. The Kier molecular flexibility index (Phi) is 10.5. The number of amides is 1. The van der Waals surface area contributed by atoms with Crippen LogP contribution in [0.4, 0.5) is 5.00 Å². The minimum absolute atomic E-state index is 0.228. The number of carboxylic acids is 1. The third-order valence-electron chi connectivity index (χ3n) is 3.93. The average Bonchev–Trinajstić information content (AvgIpc) is 2.99. The number of aliphatic carboxylic acids is 1. The van der Waals surface area contributed by atoms with Crippen molar-refractivity contribution in [3.63, 3.8) is 0 Å². The molecule has 1 amide bonds. The number of anilines is 1. The van der Waals surface area contributed by atoms with Gasteiger partial charge in [-0.05, 0) is 12.0 Å². The molecule has 2 heterocycles. The fourth-order valence-electron chi connectivity index (χ4n) is 2.79. The predicted molar refractivity (Wildman–Crippen MR) is 116 cm³/mol. The highest BCUT2D eigenvalue weighted by Crippen LogP contribution is 2.40. The molecule has 10 heteroatoms. The van der Waals surface area contributed by atoms with Crippen LogP contribution in [0.15, 0.2) is 6.58 Å². The molecule has 8 nitrogen and oxygen atoms in total. The van der Waals surface area contributed by atoms with Crippen LogP contribution in [0.3, 0.4) is 0 Å². The fraction of sp³-hybridized carbons (Fsp3) is 0.579. The van der Waals surface area contributed by atoms with Gasteiger partial charge in [0.05, 0.1) is 29.3 Å². The number of carboxylic acid groups (broad SMARTS) is 1. The molecular formula is C19H30N2O6S2. The van der Waals surface area contributed by atoms with Gasteiger partial charge < -0.3 is 20.3 Å². The maximum absolute atomic E-state index is 11.8. The molecule has 0 radical (unpaired) electrons. The van der Waals surface area contributed by atoms with E-state index < -0.39 is 22.9 Å². The number of hydrogen-bond donors (Lipinski definition) is 3. The van der Waals surface area contributed by atoms with Crippen molar-refractivity contribution in [1.82, 2.24) is 4.31 Å². The highest BCUT2D eigenvalue weighted by Gasteiger charge is 2.30. The summed E-state index contributed by atoms with van der Waals surface area (Å²) in [7, 11) is -1.12. The number of nitrogens with one attached hydrogen (secondary N) is 1. The van der Waals surface area contributed by atoms with Crippen molar-refractivity contribution in [1.29, 1.82) is 0 Å². The van der Waals surface area contributed by atoms with Gasteiger partial charge >= 0.3 is 11.9 Å². The topological polar surface area (TPSA) is 116 Å². The molecule has 3 N–H and O–H groups in total. The first-order valence-electron chi connectivity index (χ1n) is 9.43. The lowest BCUT2D eigenvalue weighted by molar-refractivity contribution is -0.147. The summed E-state index contributed by atoms with van der Waals surface area (Å²) in [6.45, 7) is 11.2. The lowest BCUT2D eigenvalue weighted by Crippen LogP contribution is -2.38. The summed E-state index contributed by atoms with van der Waals surface area (Å²) in [5.74, 6) is -3.03. The van der Waals surface area contributed by atoms with Gasteiger partial charge in [-0.25, -0.2) is 13.3 Å². The molecule has 2 rings (SSSR count).